The van der Waals surface area contributed by atoms with E-state index in [2.05, 4.69) is 26.2 Å². The van der Waals surface area contributed by atoms with E-state index in [0.717, 1.165) is 24.2 Å². The van der Waals surface area contributed by atoms with Crippen LogP contribution in [0.4, 0.5) is 11.4 Å². The molecule has 0 unspecified atom stereocenters. The van der Waals surface area contributed by atoms with Gasteiger partial charge in [0.1, 0.15) is 0 Å². The topological polar surface area (TPSA) is 115 Å². The van der Waals surface area contributed by atoms with Gasteiger partial charge in [0.15, 0.2) is 11.6 Å². The zero-order chi connectivity index (χ0) is 21.2. The maximum absolute atomic E-state index is 12.7. The summed E-state index contributed by atoms with van der Waals surface area (Å²) < 4.78 is 6.92. The van der Waals surface area contributed by atoms with Crippen molar-refractivity contribution in [3.05, 3.63) is 78.3 Å². The Bertz CT molecular complexity index is 1230. The number of amides is 2. The van der Waals surface area contributed by atoms with Crippen LogP contribution < -0.4 is 10.6 Å². The molecule has 1 aliphatic rings. The number of nitrogens with zero attached hydrogens (tertiary/aromatic N) is 4. The first kappa shape index (κ1) is 18.7. The Balaban J connectivity index is 1.27. The Kier molecular flexibility index (Phi) is 4.75. The van der Waals surface area contributed by atoms with Crippen molar-refractivity contribution in [3.8, 4) is 11.4 Å². The smallest absolute Gasteiger partial charge is 0.291 e. The molecule has 1 aliphatic carbocycles. The van der Waals surface area contributed by atoms with Crippen LogP contribution in [0.2, 0.25) is 0 Å². The summed E-state index contributed by atoms with van der Waals surface area (Å²) >= 11 is 0. The minimum atomic E-state index is -0.383. The molecule has 9 heteroatoms. The number of furan rings is 1. The van der Waals surface area contributed by atoms with Crippen molar-refractivity contribution in [1.82, 2.24) is 20.2 Å². The molecule has 0 bridgehead atoms. The molecule has 0 aliphatic heterocycles. The van der Waals surface area contributed by atoms with Crippen LogP contribution in [0.15, 0.2) is 71.3 Å². The molecule has 2 amide bonds. The summed E-state index contributed by atoms with van der Waals surface area (Å²) in [6.45, 7) is 0. The molecule has 2 N–H and O–H groups in total. The van der Waals surface area contributed by atoms with Gasteiger partial charge in [-0.25, -0.2) is 4.68 Å². The van der Waals surface area contributed by atoms with E-state index >= 15 is 0 Å². The molecule has 0 spiro atoms. The highest BCUT2D eigenvalue weighted by atomic mass is 16.3. The number of carbonyl (C=O) groups excluding carboxylic acids is 2. The van der Waals surface area contributed by atoms with Gasteiger partial charge in [0.25, 0.3) is 11.8 Å². The van der Waals surface area contributed by atoms with Crippen molar-refractivity contribution >= 4 is 23.2 Å². The molecule has 2 aromatic carbocycles. The van der Waals surface area contributed by atoms with Crippen molar-refractivity contribution in [2.75, 3.05) is 10.6 Å². The fourth-order valence-corrected chi connectivity index (χ4v) is 3.19. The van der Waals surface area contributed by atoms with Gasteiger partial charge in [-0.05, 0) is 77.9 Å². The molecule has 0 radical (unpaired) electrons. The molecule has 1 saturated carbocycles. The Morgan fingerprint density at radius 3 is 2.48 bits per heavy atom. The van der Waals surface area contributed by atoms with Crippen LogP contribution in [0.5, 0.6) is 0 Å². The normalized spacial score (nSPS) is 13.0. The van der Waals surface area contributed by atoms with Gasteiger partial charge < -0.3 is 15.1 Å². The standard InChI is InChI=1S/C22H18N6O3/c29-21(15-3-1-4-17(13-15)24-22(30)19-5-2-12-31-19)23-16-8-6-14(7-9-16)20-25-26-27-28(20)18-10-11-18/h1-9,12-13,18H,10-11H2,(H,23,29)(H,24,30). The third-order valence-corrected chi connectivity index (χ3v) is 4.91. The van der Waals surface area contributed by atoms with E-state index in [1.54, 1.807) is 36.4 Å². The molecule has 9 nitrogen and oxygen atoms in total. The van der Waals surface area contributed by atoms with E-state index in [1.807, 2.05) is 28.9 Å². The molecule has 31 heavy (non-hydrogen) atoms. The van der Waals surface area contributed by atoms with Gasteiger partial charge in [-0.1, -0.05) is 6.07 Å². The Hall–Kier alpha value is -4.27. The van der Waals surface area contributed by atoms with Crippen molar-refractivity contribution in [2.24, 2.45) is 0 Å². The number of aromatic nitrogens is 4. The second kappa shape index (κ2) is 7.86. The van der Waals surface area contributed by atoms with E-state index in [4.69, 9.17) is 4.42 Å². The number of hydrogen-bond donors (Lipinski definition) is 2. The molecule has 154 valence electrons. The number of rotatable bonds is 6. The number of benzene rings is 2. The van der Waals surface area contributed by atoms with Crippen LogP contribution in [0.1, 0.15) is 39.8 Å². The zero-order valence-electron chi connectivity index (χ0n) is 16.4. The van der Waals surface area contributed by atoms with Gasteiger partial charge >= 0.3 is 0 Å². The maximum Gasteiger partial charge on any atom is 0.291 e. The van der Waals surface area contributed by atoms with E-state index in [9.17, 15) is 9.59 Å². The monoisotopic (exact) mass is 414 g/mol. The van der Waals surface area contributed by atoms with Gasteiger partial charge in [-0.3, -0.25) is 9.59 Å². The maximum atomic E-state index is 12.7. The van der Waals surface area contributed by atoms with Gasteiger partial charge in [-0.15, -0.1) is 5.10 Å². The van der Waals surface area contributed by atoms with Crippen LogP contribution >= 0.6 is 0 Å². The third-order valence-electron chi connectivity index (χ3n) is 4.91. The second-order valence-corrected chi connectivity index (χ2v) is 7.22. The average Bonchev–Trinajstić information content (AvgIpc) is 3.27. The van der Waals surface area contributed by atoms with Crippen molar-refractivity contribution in [1.29, 1.82) is 0 Å². The molecule has 1 fully saturated rings. The molecule has 5 rings (SSSR count). The van der Waals surface area contributed by atoms with E-state index < -0.39 is 0 Å². The SMILES string of the molecule is O=C(Nc1ccc(-c2nnnn2C2CC2)cc1)c1cccc(NC(=O)c2ccco2)c1. The Morgan fingerprint density at radius 2 is 1.74 bits per heavy atom. The quantitative estimate of drug-likeness (QED) is 0.496. The van der Waals surface area contributed by atoms with E-state index in [0.29, 0.717) is 23.0 Å². The van der Waals surface area contributed by atoms with Gasteiger partial charge in [0, 0.05) is 22.5 Å². The lowest BCUT2D eigenvalue weighted by atomic mass is 10.1. The molecular formula is C22H18N6O3. The first-order valence-electron chi connectivity index (χ1n) is 9.82. The fourth-order valence-electron chi connectivity index (χ4n) is 3.19. The predicted octanol–water partition coefficient (Wildman–Crippen LogP) is 3.77. The molecule has 0 atom stereocenters. The first-order chi connectivity index (χ1) is 15.2. The summed E-state index contributed by atoms with van der Waals surface area (Å²) in [6.07, 6.45) is 3.61. The summed E-state index contributed by atoms with van der Waals surface area (Å²) in [5.74, 6) is 0.249. The predicted molar refractivity (Wildman–Crippen MR) is 113 cm³/mol. The number of carbonyl (C=O) groups is 2. The lowest BCUT2D eigenvalue weighted by Crippen LogP contribution is -2.14. The van der Waals surface area contributed by atoms with Crippen molar-refractivity contribution in [3.63, 3.8) is 0 Å². The summed E-state index contributed by atoms with van der Waals surface area (Å²) in [6, 6.07) is 17.6. The molecule has 2 heterocycles. The highest BCUT2D eigenvalue weighted by Crippen LogP contribution is 2.36. The molecule has 2 aromatic heterocycles. The molecule has 4 aromatic rings. The first-order valence-corrected chi connectivity index (χ1v) is 9.82. The van der Waals surface area contributed by atoms with Crippen LogP contribution in [-0.4, -0.2) is 32.0 Å². The summed E-state index contributed by atoms with van der Waals surface area (Å²) in [4.78, 5) is 24.8. The van der Waals surface area contributed by atoms with Gasteiger partial charge in [-0.2, -0.15) is 0 Å². The van der Waals surface area contributed by atoms with Crippen LogP contribution in [0.25, 0.3) is 11.4 Å². The number of hydrogen-bond acceptors (Lipinski definition) is 6. The largest absolute Gasteiger partial charge is 0.459 e. The third kappa shape index (κ3) is 4.06. The fraction of sp³-hybridized carbons (Fsp3) is 0.136. The highest BCUT2D eigenvalue weighted by Gasteiger charge is 2.28. The zero-order valence-corrected chi connectivity index (χ0v) is 16.4. The number of tetrazole rings is 1. The Labute approximate surface area is 177 Å². The van der Waals surface area contributed by atoms with Crippen LogP contribution in [-0.2, 0) is 0 Å². The lowest BCUT2D eigenvalue weighted by Gasteiger charge is -2.09. The number of nitrogens with one attached hydrogen (secondary N) is 2. The summed E-state index contributed by atoms with van der Waals surface area (Å²) in [7, 11) is 0. The number of anilines is 2. The minimum absolute atomic E-state index is 0.197. The molecule has 0 saturated heterocycles. The highest BCUT2D eigenvalue weighted by molar-refractivity contribution is 6.06. The van der Waals surface area contributed by atoms with E-state index in [1.165, 1.54) is 6.26 Å². The van der Waals surface area contributed by atoms with E-state index in [-0.39, 0.29) is 17.6 Å². The van der Waals surface area contributed by atoms with Gasteiger partial charge in [0.05, 0.1) is 12.3 Å². The van der Waals surface area contributed by atoms with Crippen LogP contribution in [0, 0.1) is 0 Å². The Morgan fingerprint density at radius 1 is 0.935 bits per heavy atom. The minimum Gasteiger partial charge on any atom is -0.459 e. The summed E-state index contributed by atoms with van der Waals surface area (Å²) in [5, 5.41) is 17.5. The van der Waals surface area contributed by atoms with Crippen molar-refractivity contribution in [2.45, 2.75) is 18.9 Å². The molecular weight excluding hydrogens is 396 g/mol. The average molecular weight is 414 g/mol. The lowest BCUT2D eigenvalue weighted by molar-refractivity contribution is 0.0993. The van der Waals surface area contributed by atoms with Gasteiger partial charge in [0.2, 0.25) is 0 Å². The van der Waals surface area contributed by atoms with Crippen molar-refractivity contribution < 1.29 is 14.0 Å². The van der Waals surface area contributed by atoms with Crippen LogP contribution in [0.3, 0.4) is 0 Å². The summed E-state index contributed by atoms with van der Waals surface area (Å²) in [5.41, 5.74) is 2.44. The second-order valence-electron chi connectivity index (χ2n) is 7.22.